The number of amides is 1. The van der Waals surface area contributed by atoms with Crippen molar-refractivity contribution in [3.63, 3.8) is 0 Å². The van der Waals surface area contributed by atoms with E-state index in [0.717, 1.165) is 0 Å². The summed E-state index contributed by atoms with van der Waals surface area (Å²) in [7, 11) is 0. The van der Waals surface area contributed by atoms with Gasteiger partial charge in [0.15, 0.2) is 0 Å². The number of tetrazole rings is 1. The van der Waals surface area contributed by atoms with E-state index in [0.29, 0.717) is 5.56 Å². The molecule has 0 saturated heterocycles. The van der Waals surface area contributed by atoms with Crippen molar-refractivity contribution in [1.82, 2.24) is 25.9 Å². The summed E-state index contributed by atoms with van der Waals surface area (Å²) in [6.07, 6.45) is 0. The van der Waals surface area contributed by atoms with Crippen LogP contribution in [0.4, 0.5) is 8.78 Å². The Bertz CT molecular complexity index is 576. The van der Waals surface area contributed by atoms with Gasteiger partial charge in [0, 0.05) is 0 Å². The molecule has 0 spiro atoms. The van der Waals surface area contributed by atoms with Gasteiger partial charge in [0.05, 0.1) is 6.04 Å². The van der Waals surface area contributed by atoms with Gasteiger partial charge in [-0.15, -0.1) is 10.2 Å². The fourth-order valence-electron chi connectivity index (χ4n) is 1.56. The molecular formula is C11H11F2N5O2. The topological polar surface area (TPSA) is 92.8 Å². The van der Waals surface area contributed by atoms with Gasteiger partial charge in [0.25, 0.3) is 11.7 Å². The van der Waals surface area contributed by atoms with Crippen LogP contribution in [0.5, 0.6) is 5.75 Å². The number of ether oxygens (including phenoxy) is 1. The summed E-state index contributed by atoms with van der Waals surface area (Å²) in [6.45, 7) is -1.20. The lowest BCUT2D eigenvalue weighted by atomic mass is 10.1. The van der Waals surface area contributed by atoms with Crippen LogP contribution in [0.15, 0.2) is 24.3 Å². The molecule has 0 saturated carbocycles. The van der Waals surface area contributed by atoms with E-state index < -0.39 is 18.6 Å². The van der Waals surface area contributed by atoms with Crippen LogP contribution in [-0.4, -0.2) is 33.1 Å². The first kappa shape index (κ1) is 13.8. The number of nitrogens with zero attached hydrogens (tertiary/aromatic N) is 3. The average Bonchev–Trinajstić information content (AvgIpc) is 2.92. The molecule has 1 unspecified atom stereocenters. The Morgan fingerprint density at radius 1 is 1.45 bits per heavy atom. The molecule has 106 valence electrons. The Labute approximate surface area is 112 Å². The minimum absolute atomic E-state index is 0.0261. The third kappa shape index (κ3) is 3.46. The van der Waals surface area contributed by atoms with Crippen molar-refractivity contribution in [3.8, 4) is 5.75 Å². The van der Waals surface area contributed by atoms with E-state index in [1.807, 2.05) is 0 Å². The largest absolute Gasteiger partial charge is 0.435 e. The first-order valence-corrected chi connectivity index (χ1v) is 5.65. The highest BCUT2D eigenvalue weighted by molar-refractivity contribution is 5.90. The lowest BCUT2D eigenvalue weighted by Crippen LogP contribution is -2.27. The van der Waals surface area contributed by atoms with Gasteiger partial charge in [-0.3, -0.25) is 4.79 Å². The number of aromatic nitrogens is 4. The van der Waals surface area contributed by atoms with Gasteiger partial charge in [-0.25, -0.2) is 0 Å². The molecule has 9 heteroatoms. The zero-order valence-corrected chi connectivity index (χ0v) is 10.4. The predicted octanol–water partition coefficient (Wildman–Crippen LogP) is 1.29. The minimum atomic E-state index is -2.89. The second kappa shape index (κ2) is 6.04. The van der Waals surface area contributed by atoms with Gasteiger partial charge in [-0.05, 0) is 29.8 Å². The highest BCUT2D eigenvalue weighted by atomic mass is 19.3. The zero-order valence-electron chi connectivity index (χ0n) is 10.4. The van der Waals surface area contributed by atoms with Crippen LogP contribution in [-0.2, 0) is 0 Å². The number of aromatic amines is 1. The smallest absolute Gasteiger partial charge is 0.387 e. The van der Waals surface area contributed by atoms with Crippen LogP contribution in [0.3, 0.4) is 0 Å². The number of alkyl halides is 2. The van der Waals surface area contributed by atoms with E-state index in [9.17, 15) is 13.6 Å². The second-order valence-corrected chi connectivity index (χ2v) is 3.88. The summed E-state index contributed by atoms with van der Waals surface area (Å²) < 4.78 is 28.6. The summed E-state index contributed by atoms with van der Waals surface area (Å²) in [5.41, 5.74) is 0.611. The maximum atomic E-state index is 12.1. The number of benzene rings is 1. The summed E-state index contributed by atoms with van der Waals surface area (Å²) >= 11 is 0. The van der Waals surface area contributed by atoms with Gasteiger partial charge in [-0.1, -0.05) is 12.1 Å². The maximum absolute atomic E-state index is 12.1. The van der Waals surface area contributed by atoms with Gasteiger partial charge in [0.1, 0.15) is 5.75 Å². The minimum Gasteiger partial charge on any atom is -0.435 e. The van der Waals surface area contributed by atoms with Crippen LogP contribution in [0, 0.1) is 0 Å². The molecule has 2 N–H and O–H groups in total. The highest BCUT2D eigenvalue weighted by Gasteiger charge is 2.15. The number of H-pyrrole nitrogens is 1. The van der Waals surface area contributed by atoms with Crippen molar-refractivity contribution >= 4 is 5.91 Å². The number of carbonyl (C=O) groups excluding carboxylic acids is 1. The molecule has 2 aromatic rings. The third-order valence-corrected chi connectivity index (χ3v) is 2.48. The lowest BCUT2D eigenvalue weighted by molar-refractivity contribution is -0.0499. The standard InChI is InChI=1S/C11H11F2N5O2/c1-6(14-10(19)9-15-17-18-16-9)7-3-2-4-8(5-7)20-11(12)13/h2-6,11H,1H3,(H,14,19)(H,15,16,17,18). The van der Waals surface area contributed by atoms with Gasteiger partial charge in [0.2, 0.25) is 0 Å². The van der Waals surface area contributed by atoms with Gasteiger partial charge < -0.3 is 10.1 Å². The molecule has 0 radical (unpaired) electrons. The number of hydrogen-bond acceptors (Lipinski definition) is 5. The van der Waals surface area contributed by atoms with Crippen LogP contribution in [0.25, 0.3) is 0 Å². The van der Waals surface area contributed by atoms with Crippen LogP contribution < -0.4 is 10.1 Å². The Kier molecular flexibility index (Phi) is 4.18. The van der Waals surface area contributed by atoms with Gasteiger partial charge in [-0.2, -0.15) is 14.0 Å². The molecule has 0 fully saturated rings. The van der Waals surface area contributed by atoms with Gasteiger partial charge >= 0.3 is 6.61 Å². The van der Waals surface area contributed by atoms with Crippen molar-refractivity contribution in [3.05, 3.63) is 35.7 Å². The molecule has 20 heavy (non-hydrogen) atoms. The fraction of sp³-hybridized carbons (Fsp3) is 0.273. The first-order valence-electron chi connectivity index (χ1n) is 5.65. The predicted molar refractivity (Wildman–Crippen MR) is 63.1 cm³/mol. The quantitative estimate of drug-likeness (QED) is 0.862. The van der Waals surface area contributed by atoms with Crippen molar-refractivity contribution in [2.75, 3.05) is 0 Å². The van der Waals surface area contributed by atoms with Crippen molar-refractivity contribution in [1.29, 1.82) is 0 Å². The van der Waals surface area contributed by atoms with E-state index in [-0.39, 0.29) is 11.6 Å². The van der Waals surface area contributed by atoms with E-state index in [1.165, 1.54) is 12.1 Å². The number of carbonyl (C=O) groups is 1. The van der Waals surface area contributed by atoms with Crippen molar-refractivity contribution in [2.24, 2.45) is 0 Å². The molecule has 7 nitrogen and oxygen atoms in total. The number of hydrogen-bond donors (Lipinski definition) is 2. The van der Waals surface area contributed by atoms with E-state index in [2.05, 4.69) is 30.7 Å². The normalized spacial score (nSPS) is 12.2. The Morgan fingerprint density at radius 3 is 2.90 bits per heavy atom. The monoisotopic (exact) mass is 283 g/mol. The molecule has 0 bridgehead atoms. The molecule has 1 amide bonds. The Balaban J connectivity index is 2.05. The highest BCUT2D eigenvalue weighted by Crippen LogP contribution is 2.20. The van der Waals surface area contributed by atoms with E-state index in [1.54, 1.807) is 19.1 Å². The SMILES string of the molecule is CC(NC(=O)c1nn[nH]n1)c1cccc(OC(F)F)c1. The second-order valence-electron chi connectivity index (χ2n) is 3.88. The van der Waals surface area contributed by atoms with Crippen LogP contribution >= 0.6 is 0 Å². The molecule has 1 aromatic carbocycles. The Morgan fingerprint density at radius 2 is 2.25 bits per heavy atom. The molecule has 2 rings (SSSR count). The summed E-state index contributed by atoms with van der Waals surface area (Å²) in [5.74, 6) is -0.596. The van der Waals surface area contributed by atoms with E-state index >= 15 is 0 Å². The number of rotatable bonds is 5. The molecule has 0 aliphatic heterocycles. The molecule has 0 aliphatic carbocycles. The zero-order chi connectivity index (χ0) is 14.5. The first-order chi connectivity index (χ1) is 9.56. The third-order valence-electron chi connectivity index (χ3n) is 2.48. The summed E-state index contributed by atoms with van der Waals surface area (Å²) in [6, 6.07) is 5.64. The summed E-state index contributed by atoms with van der Waals surface area (Å²) in [5, 5.41) is 15.1. The number of halogens is 2. The van der Waals surface area contributed by atoms with Crippen LogP contribution in [0.2, 0.25) is 0 Å². The average molecular weight is 283 g/mol. The summed E-state index contributed by atoms with van der Waals surface area (Å²) in [4.78, 5) is 11.7. The molecule has 1 heterocycles. The Hall–Kier alpha value is -2.58. The molecule has 1 atom stereocenters. The van der Waals surface area contributed by atoms with Crippen LogP contribution in [0.1, 0.15) is 29.1 Å². The molecule has 0 aliphatic rings. The van der Waals surface area contributed by atoms with Crippen molar-refractivity contribution in [2.45, 2.75) is 19.6 Å². The lowest BCUT2D eigenvalue weighted by Gasteiger charge is -2.14. The van der Waals surface area contributed by atoms with Crippen molar-refractivity contribution < 1.29 is 18.3 Å². The maximum Gasteiger partial charge on any atom is 0.387 e. The van der Waals surface area contributed by atoms with E-state index in [4.69, 9.17) is 0 Å². The fourth-order valence-corrected chi connectivity index (χ4v) is 1.56. The molecular weight excluding hydrogens is 272 g/mol. The number of nitrogens with one attached hydrogen (secondary N) is 2. The molecule has 1 aromatic heterocycles.